The van der Waals surface area contributed by atoms with Crippen LogP contribution in [-0.2, 0) is 6.54 Å². The molecule has 0 atom stereocenters. The number of thiazole rings is 1. The molecule has 1 aromatic heterocycles. The molecule has 2 heterocycles. The number of piperazine rings is 1. The smallest absolute Gasteiger partial charge is 0.185 e. The van der Waals surface area contributed by atoms with Gasteiger partial charge in [-0.25, -0.2) is 4.98 Å². The Morgan fingerprint density at radius 2 is 2.00 bits per heavy atom. The normalized spacial score (nSPS) is 17.7. The number of hydrogen-bond donors (Lipinski definition) is 1. The molecule has 96 valence electrons. The fraction of sp³-hybridized carbons (Fsp3) is 0.750. The highest BCUT2D eigenvalue weighted by atomic mass is 32.1. The third-order valence-electron chi connectivity index (χ3n) is 3.25. The quantitative estimate of drug-likeness (QED) is 0.883. The molecule has 1 aromatic rings. The molecule has 0 amide bonds. The van der Waals surface area contributed by atoms with Crippen LogP contribution in [0.3, 0.4) is 0 Å². The van der Waals surface area contributed by atoms with Crippen LogP contribution in [0.1, 0.15) is 23.9 Å². The third kappa shape index (κ3) is 2.97. The van der Waals surface area contributed by atoms with Crippen molar-refractivity contribution in [3.63, 3.8) is 0 Å². The molecule has 0 aromatic carbocycles. The number of aromatic nitrogens is 1. The van der Waals surface area contributed by atoms with Gasteiger partial charge in [-0.1, -0.05) is 6.92 Å². The summed E-state index contributed by atoms with van der Waals surface area (Å²) in [5.41, 5.74) is 6.80. The van der Waals surface area contributed by atoms with Crippen molar-refractivity contribution < 1.29 is 0 Å². The molecule has 17 heavy (non-hydrogen) atoms. The number of anilines is 1. The van der Waals surface area contributed by atoms with Gasteiger partial charge in [0.15, 0.2) is 5.13 Å². The summed E-state index contributed by atoms with van der Waals surface area (Å²) >= 11 is 1.75. The Morgan fingerprint density at radius 3 is 2.53 bits per heavy atom. The van der Waals surface area contributed by atoms with Crippen molar-refractivity contribution in [2.45, 2.75) is 26.8 Å². The van der Waals surface area contributed by atoms with Crippen molar-refractivity contribution in [3.05, 3.63) is 10.6 Å². The first-order valence-electron chi connectivity index (χ1n) is 6.38. The first-order valence-corrected chi connectivity index (χ1v) is 7.20. The summed E-state index contributed by atoms with van der Waals surface area (Å²) in [6.45, 7) is 10.6. The zero-order chi connectivity index (χ0) is 12.3. The van der Waals surface area contributed by atoms with E-state index in [-0.39, 0.29) is 0 Å². The molecule has 2 N–H and O–H groups in total. The summed E-state index contributed by atoms with van der Waals surface area (Å²) in [6, 6.07) is 0. The summed E-state index contributed by atoms with van der Waals surface area (Å²) in [4.78, 5) is 10.8. The summed E-state index contributed by atoms with van der Waals surface area (Å²) in [6.07, 6.45) is 1.24. The number of aryl methyl sites for hydroxylation is 1. The highest BCUT2D eigenvalue weighted by Gasteiger charge is 2.19. The molecule has 2 rings (SSSR count). The van der Waals surface area contributed by atoms with Crippen LogP contribution >= 0.6 is 11.3 Å². The van der Waals surface area contributed by atoms with Gasteiger partial charge in [-0.2, -0.15) is 0 Å². The van der Waals surface area contributed by atoms with Crippen molar-refractivity contribution in [1.29, 1.82) is 0 Å². The van der Waals surface area contributed by atoms with Gasteiger partial charge in [-0.15, -0.1) is 11.3 Å². The van der Waals surface area contributed by atoms with Crippen molar-refractivity contribution in [2.24, 2.45) is 5.73 Å². The number of rotatable bonds is 4. The second-order valence-corrected chi connectivity index (χ2v) is 5.60. The molecule has 0 unspecified atom stereocenters. The van der Waals surface area contributed by atoms with E-state index in [4.69, 9.17) is 5.73 Å². The van der Waals surface area contributed by atoms with E-state index in [2.05, 4.69) is 28.6 Å². The van der Waals surface area contributed by atoms with E-state index in [9.17, 15) is 0 Å². The lowest BCUT2D eigenvalue weighted by atomic mass is 10.3. The largest absolute Gasteiger partial charge is 0.346 e. The Balaban J connectivity index is 1.95. The molecule has 1 aliphatic heterocycles. The van der Waals surface area contributed by atoms with Crippen LogP contribution in [0, 0.1) is 6.92 Å². The molecule has 0 saturated carbocycles. The van der Waals surface area contributed by atoms with Gasteiger partial charge >= 0.3 is 0 Å². The van der Waals surface area contributed by atoms with Gasteiger partial charge in [0, 0.05) is 37.6 Å². The standard InChI is InChI=1S/C12H22N4S/c1-3-4-15-5-7-16(8-6-15)12-14-10(2)11(9-13)17-12/h3-9,13H2,1-2H3. The third-order valence-corrected chi connectivity index (χ3v) is 4.49. The predicted molar refractivity (Wildman–Crippen MR) is 73.7 cm³/mol. The fourth-order valence-corrected chi connectivity index (χ4v) is 3.21. The summed E-state index contributed by atoms with van der Waals surface area (Å²) in [7, 11) is 0. The van der Waals surface area contributed by atoms with Gasteiger partial charge in [-0.05, 0) is 19.9 Å². The van der Waals surface area contributed by atoms with Crippen molar-refractivity contribution in [3.8, 4) is 0 Å². The predicted octanol–water partition coefficient (Wildman–Crippen LogP) is 1.44. The summed E-state index contributed by atoms with van der Waals surface area (Å²) in [5, 5.41) is 1.15. The van der Waals surface area contributed by atoms with Crippen molar-refractivity contribution in [1.82, 2.24) is 9.88 Å². The molecule has 0 radical (unpaired) electrons. The van der Waals surface area contributed by atoms with Crippen LogP contribution in [0.2, 0.25) is 0 Å². The number of hydrogen-bond acceptors (Lipinski definition) is 5. The lowest BCUT2D eigenvalue weighted by molar-refractivity contribution is 0.258. The molecule has 1 saturated heterocycles. The SMILES string of the molecule is CCCN1CCN(c2nc(C)c(CN)s2)CC1. The minimum atomic E-state index is 0.610. The van der Waals surface area contributed by atoms with Gasteiger partial charge in [0.1, 0.15) is 0 Å². The number of nitrogens with zero attached hydrogens (tertiary/aromatic N) is 3. The molecule has 0 spiro atoms. The van der Waals surface area contributed by atoms with E-state index in [1.165, 1.54) is 17.8 Å². The van der Waals surface area contributed by atoms with E-state index in [0.29, 0.717) is 6.54 Å². The number of nitrogens with two attached hydrogens (primary N) is 1. The van der Waals surface area contributed by atoms with Gasteiger partial charge in [-0.3, -0.25) is 4.90 Å². The Morgan fingerprint density at radius 1 is 1.29 bits per heavy atom. The van der Waals surface area contributed by atoms with Gasteiger partial charge in [0.05, 0.1) is 5.69 Å². The van der Waals surface area contributed by atoms with Crippen LogP contribution in [0.15, 0.2) is 0 Å². The van der Waals surface area contributed by atoms with E-state index in [0.717, 1.165) is 37.0 Å². The lowest BCUT2D eigenvalue weighted by Crippen LogP contribution is -2.46. The molecule has 5 heteroatoms. The van der Waals surface area contributed by atoms with Crippen LogP contribution in [0.5, 0.6) is 0 Å². The van der Waals surface area contributed by atoms with Crippen LogP contribution in [0.25, 0.3) is 0 Å². The molecule has 0 aliphatic carbocycles. The zero-order valence-electron chi connectivity index (χ0n) is 10.8. The van der Waals surface area contributed by atoms with Crippen LogP contribution in [0.4, 0.5) is 5.13 Å². The van der Waals surface area contributed by atoms with E-state index < -0.39 is 0 Å². The molecule has 0 bridgehead atoms. The summed E-state index contributed by atoms with van der Waals surface area (Å²) < 4.78 is 0. The van der Waals surface area contributed by atoms with E-state index in [1.54, 1.807) is 11.3 Å². The fourth-order valence-electron chi connectivity index (χ4n) is 2.22. The molecular weight excluding hydrogens is 232 g/mol. The first-order chi connectivity index (χ1) is 8.24. The van der Waals surface area contributed by atoms with Crippen molar-refractivity contribution in [2.75, 3.05) is 37.6 Å². The average molecular weight is 254 g/mol. The van der Waals surface area contributed by atoms with E-state index in [1.807, 2.05) is 0 Å². The van der Waals surface area contributed by atoms with Gasteiger partial charge in [0.2, 0.25) is 0 Å². The van der Waals surface area contributed by atoms with E-state index >= 15 is 0 Å². The lowest BCUT2D eigenvalue weighted by Gasteiger charge is -2.34. The maximum Gasteiger partial charge on any atom is 0.185 e. The second kappa shape index (κ2) is 5.80. The van der Waals surface area contributed by atoms with Crippen molar-refractivity contribution >= 4 is 16.5 Å². The van der Waals surface area contributed by atoms with Crippen LogP contribution < -0.4 is 10.6 Å². The van der Waals surface area contributed by atoms with Crippen LogP contribution in [-0.4, -0.2) is 42.6 Å². The topological polar surface area (TPSA) is 45.4 Å². The monoisotopic (exact) mass is 254 g/mol. The average Bonchev–Trinajstić information content (AvgIpc) is 2.72. The zero-order valence-corrected chi connectivity index (χ0v) is 11.6. The Bertz CT molecular complexity index is 355. The summed E-state index contributed by atoms with van der Waals surface area (Å²) in [5.74, 6) is 0. The maximum absolute atomic E-state index is 5.70. The molecule has 1 aliphatic rings. The molecular formula is C12H22N4S. The molecule has 1 fully saturated rings. The Hall–Kier alpha value is -0.650. The minimum absolute atomic E-state index is 0.610. The first kappa shape index (κ1) is 12.8. The highest BCUT2D eigenvalue weighted by Crippen LogP contribution is 2.26. The van der Waals surface area contributed by atoms with Gasteiger partial charge < -0.3 is 10.6 Å². The maximum atomic E-state index is 5.70. The van der Waals surface area contributed by atoms with Gasteiger partial charge in [0.25, 0.3) is 0 Å². The highest BCUT2D eigenvalue weighted by molar-refractivity contribution is 7.15. The molecule has 4 nitrogen and oxygen atoms in total. The minimum Gasteiger partial charge on any atom is -0.346 e. The second-order valence-electron chi connectivity index (χ2n) is 4.54. The Kier molecular flexibility index (Phi) is 4.36. The Labute approximate surface area is 107 Å².